The van der Waals surface area contributed by atoms with E-state index in [1.807, 2.05) is 30.3 Å². The molecule has 1 aliphatic heterocycles. The molecule has 1 unspecified atom stereocenters. The van der Waals surface area contributed by atoms with Crippen molar-refractivity contribution in [2.24, 2.45) is 5.16 Å². The monoisotopic (exact) mass is 271 g/mol. The van der Waals surface area contributed by atoms with Gasteiger partial charge in [-0.1, -0.05) is 47.6 Å². The summed E-state index contributed by atoms with van der Waals surface area (Å²) in [6, 6.07) is 14.2. The summed E-state index contributed by atoms with van der Waals surface area (Å²) in [5.74, 6) is -0.234. The Bertz CT molecular complexity index is 637. The van der Waals surface area contributed by atoms with Crippen molar-refractivity contribution in [2.75, 3.05) is 6.61 Å². The van der Waals surface area contributed by atoms with Gasteiger partial charge in [0.2, 0.25) is 0 Å². The maximum atomic E-state index is 13.7. The van der Waals surface area contributed by atoms with Crippen LogP contribution in [0.2, 0.25) is 0 Å². The number of hydrogen-bond donors (Lipinski definition) is 1. The molecule has 2 aromatic rings. The third kappa shape index (κ3) is 2.42. The molecule has 3 rings (SSSR count). The molecule has 0 radical (unpaired) electrons. The van der Waals surface area contributed by atoms with Gasteiger partial charge in [0.1, 0.15) is 5.82 Å². The van der Waals surface area contributed by atoms with Crippen molar-refractivity contribution in [3.8, 4) is 11.1 Å². The molecular formula is C16H14FNO2. The zero-order valence-corrected chi connectivity index (χ0v) is 10.8. The number of benzene rings is 2. The van der Waals surface area contributed by atoms with Crippen LogP contribution in [0.5, 0.6) is 0 Å². The summed E-state index contributed by atoms with van der Waals surface area (Å²) in [7, 11) is 0. The Kier molecular flexibility index (Phi) is 3.48. The van der Waals surface area contributed by atoms with Crippen LogP contribution in [-0.4, -0.2) is 23.5 Å². The SMILES string of the molecule is OCC1CC(c2ccc(-c3ccccc3F)cc2)=NO1. The molecule has 0 aromatic heterocycles. The number of aliphatic hydroxyl groups is 1. The minimum Gasteiger partial charge on any atom is -0.392 e. The van der Waals surface area contributed by atoms with E-state index < -0.39 is 0 Å². The highest BCUT2D eigenvalue weighted by atomic mass is 19.1. The van der Waals surface area contributed by atoms with Gasteiger partial charge >= 0.3 is 0 Å². The van der Waals surface area contributed by atoms with Gasteiger partial charge in [0, 0.05) is 12.0 Å². The summed E-state index contributed by atoms with van der Waals surface area (Å²) < 4.78 is 13.7. The molecule has 4 heteroatoms. The first-order chi connectivity index (χ1) is 9.78. The van der Waals surface area contributed by atoms with Gasteiger partial charge in [-0.25, -0.2) is 4.39 Å². The Morgan fingerprint density at radius 3 is 2.45 bits per heavy atom. The molecule has 0 fully saturated rings. The smallest absolute Gasteiger partial charge is 0.156 e. The Morgan fingerprint density at radius 1 is 1.10 bits per heavy atom. The second-order valence-corrected chi connectivity index (χ2v) is 4.71. The average Bonchev–Trinajstić information content (AvgIpc) is 2.97. The summed E-state index contributed by atoms with van der Waals surface area (Å²) in [4.78, 5) is 5.08. The lowest BCUT2D eigenvalue weighted by molar-refractivity contribution is 0.0390. The standard InChI is InChI=1S/C16H14FNO2/c17-15-4-2-1-3-14(15)11-5-7-12(8-6-11)16-9-13(10-19)20-18-16/h1-8,13,19H,9-10H2. The summed E-state index contributed by atoms with van der Waals surface area (Å²) in [5, 5.41) is 13.0. The highest BCUT2D eigenvalue weighted by Gasteiger charge is 2.21. The zero-order chi connectivity index (χ0) is 13.9. The number of nitrogens with zero attached hydrogens (tertiary/aromatic N) is 1. The van der Waals surface area contributed by atoms with Gasteiger partial charge in [0.05, 0.1) is 12.3 Å². The number of rotatable bonds is 3. The van der Waals surface area contributed by atoms with Gasteiger partial charge in [-0.2, -0.15) is 0 Å². The van der Waals surface area contributed by atoms with E-state index in [1.54, 1.807) is 12.1 Å². The molecule has 0 amide bonds. The summed E-state index contributed by atoms with van der Waals surface area (Å²) >= 11 is 0. The highest BCUT2D eigenvalue weighted by molar-refractivity contribution is 6.01. The van der Waals surface area contributed by atoms with Crippen molar-refractivity contribution in [1.29, 1.82) is 0 Å². The maximum Gasteiger partial charge on any atom is 0.156 e. The van der Waals surface area contributed by atoms with Crippen molar-refractivity contribution in [1.82, 2.24) is 0 Å². The molecular weight excluding hydrogens is 257 g/mol. The van der Waals surface area contributed by atoms with Crippen LogP contribution in [0.25, 0.3) is 11.1 Å². The molecule has 0 saturated carbocycles. The lowest BCUT2D eigenvalue weighted by Crippen LogP contribution is -2.12. The van der Waals surface area contributed by atoms with Crippen molar-refractivity contribution in [3.05, 3.63) is 59.9 Å². The van der Waals surface area contributed by atoms with Crippen LogP contribution in [0.15, 0.2) is 53.7 Å². The van der Waals surface area contributed by atoms with Gasteiger partial charge in [-0.15, -0.1) is 0 Å². The van der Waals surface area contributed by atoms with Gasteiger partial charge < -0.3 is 9.94 Å². The zero-order valence-electron chi connectivity index (χ0n) is 10.8. The quantitative estimate of drug-likeness (QED) is 0.932. The Hall–Kier alpha value is -2.20. The van der Waals surface area contributed by atoms with Gasteiger partial charge in [-0.3, -0.25) is 0 Å². The van der Waals surface area contributed by atoms with Crippen LogP contribution in [-0.2, 0) is 4.84 Å². The predicted octanol–water partition coefficient (Wildman–Crippen LogP) is 2.98. The van der Waals surface area contributed by atoms with Crippen molar-refractivity contribution < 1.29 is 14.3 Å². The topological polar surface area (TPSA) is 41.8 Å². The van der Waals surface area contributed by atoms with E-state index in [-0.39, 0.29) is 18.5 Å². The third-order valence-corrected chi connectivity index (χ3v) is 3.34. The highest BCUT2D eigenvalue weighted by Crippen LogP contribution is 2.24. The van der Waals surface area contributed by atoms with Gasteiger partial charge in [0.15, 0.2) is 6.10 Å². The lowest BCUT2D eigenvalue weighted by atomic mass is 10.00. The molecule has 0 spiro atoms. The number of halogens is 1. The normalized spacial score (nSPS) is 17.7. The van der Waals surface area contributed by atoms with E-state index in [0.29, 0.717) is 12.0 Å². The van der Waals surface area contributed by atoms with Crippen LogP contribution in [0.4, 0.5) is 4.39 Å². The number of hydrogen-bond acceptors (Lipinski definition) is 3. The molecule has 0 saturated heterocycles. The molecule has 0 bridgehead atoms. The molecule has 1 N–H and O–H groups in total. The molecule has 1 atom stereocenters. The summed E-state index contributed by atoms with van der Waals surface area (Å²) in [5.41, 5.74) is 3.15. The molecule has 1 aliphatic rings. The number of aliphatic hydroxyl groups excluding tert-OH is 1. The van der Waals surface area contributed by atoms with Gasteiger partial charge in [0.25, 0.3) is 0 Å². The van der Waals surface area contributed by atoms with Crippen LogP contribution < -0.4 is 0 Å². The van der Waals surface area contributed by atoms with Crippen LogP contribution in [0.3, 0.4) is 0 Å². The second-order valence-electron chi connectivity index (χ2n) is 4.71. The van der Waals surface area contributed by atoms with E-state index in [2.05, 4.69) is 5.16 Å². The molecule has 1 heterocycles. The average molecular weight is 271 g/mol. The van der Waals surface area contributed by atoms with E-state index in [9.17, 15) is 4.39 Å². The molecule has 3 nitrogen and oxygen atoms in total. The first-order valence-corrected chi connectivity index (χ1v) is 6.47. The van der Waals surface area contributed by atoms with Gasteiger partial charge in [-0.05, 0) is 17.2 Å². The van der Waals surface area contributed by atoms with E-state index in [0.717, 1.165) is 16.8 Å². The first-order valence-electron chi connectivity index (χ1n) is 6.47. The fourth-order valence-electron chi connectivity index (χ4n) is 2.23. The minimum absolute atomic E-state index is 0.0414. The minimum atomic E-state index is -0.253. The Morgan fingerprint density at radius 2 is 1.80 bits per heavy atom. The van der Waals surface area contributed by atoms with Crippen LogP contribution in [0.1, 0.15) is 12.0 Å². The summed E-state index contributed by atoms with van der Waals surface area (Å²) in [6.07, 6.45) is 0.339. The maximum absolute atomic E-state index is 13.7. The number of oxime groups is 1. The van der Waals surface area contributed by atoms with Crippen molar-refractivity contribution in [3.63, 3.8) is 0 Å². The second kappa shape index (κ2) is 5.43. The molecule has 0 aliphatic carbocycles. The fraction of sp³-hybridized carbons (Fsp3) is 0.188. The largest absolute Gasteiger partial charge is 0.392 e. The van der Waals surface area contributed by atoms with Crippen molar-refractivity contribution in [2.45, 2.75) is 12.5 Å². The molecule has 20 heavy (non-hydrogen) atoms. The van der Waals surface area contributed by atoms with E-state index >= 15 is 0 Å². The van der Waals surface area contributed by atoms with Crippen LogP contribution in [0, 0.1) is 5.82 Å². The lowest BCUT2D eigenvalue weighted by Gasteiger charge is -2.05. The Balaban J connectivity index is 1.84. The summed E-state index contributed by atoms with van der Waals surface area (Å²) in [6.45, 7) is -0.0414. The fourth-order valence-corrected chi connectivity index (χ4v) is 2.23. The molecule has 102 valence electrons. The van der Waals surface area contributed by atoms with Crippen molar-refractivity contribution >= 4 is 5.71 Å². The molecule has 2 aromatic carbocycles. The van der Waals surface area contributed by atoms with E-state index in [1.165, 1.54) is 6.07 Å². The third-order valence-electron chi connectivity index (χ3n) is 3.34. The predicted molar refractivity (Wildman–Crippen MR) is 74.9 cm³/mol. The Labute approximate surface area is 116 Å². The van der Waals surface area contributed by atoms with Crippen LogP contribution >= 0.6 is 0 Å². The first kappa shape index (κ1) is 12.8. The van der Waals surface area contributed by atoms with E-state index in [4.69, 9.17) is 9.94 Å².